The van der Waals surface area contributed by atoms with Gasteiger partial charge in [0.1, 0.15) is 5.76 Å². The van der Waals surface area contributed by atoms with Gasteiger partial charge in [0.2, 0.25) is 0 Å². The van der Waals surface area contributed by atoms with E-state index < -0.39 is 8.32 Å². The van der Waals surface area contributed by atoms with Crippen molar-refractivity contribution in [1.82, 2.24) is 0 Å². The molecule has 0 aromatic carbocycles. The van der Waals surface area contributed by atoms with Crippen LogP contribution >= 0.6 is 0 Å². The number of nitriles is 1. The topological polar surface area (TPSA) is 42.2 Å². The summed E-state index contributed by atoms with van der Waals surface area (Å²) in [5.41, 5.74) is 0.832. The molecule has 0 spiro atoms. The number of allylic oxidation sites excluding steroid dienone is 2. The highest BCUT2D eigenvalue weighted by Gasteiger charge is 2.39. The van der Waals surface area contributed by atoms with Gasteiger partial charge >= 0.3 is 0 Å². The maximum absolute atomic E-state index is 8.79. The average Bonchev–Trinajstić information content (AvgIpc) is 2.15. The van der Waals surface area contributed by atoms with Gasteiger partial charge in [-0.3, -0.25) is 0 Å². The predicted molar refractivity (Wildman–Crippen MR) is 72.7 cm³/mol. The molecule has 0 fully saturated rings. The molecule has 3 nitrogen and oxygen atoms in total. The van der Waals surface area contributed by atoms with Gasteiger partial charge in [0, 0.05) is 5.57 Å². The van der Waals surface area contributed by atoms with E-state index in [0.29, 0.717) is 5.76 Å². The molecule has 0 radical (unpaired) electrons. The van der Waals surface area contributed by atoms with Crippen molar-refractivity contribution in [1.29, 1.82) is 5.26 Å². The summed E-state index contributed by atoms with van der Waals surface area (Å²) in [6.07, 6.45) is 3.03. The third kappa shape index (κ3) is 4.66. The summed E-state index contributed by atoms with van der Waals surface area (Å²) in [7, 11) is -0.330. The second-order valence-electron chi connectivity index (χ2n) is 5.54. The molecular weight excluding hydrogens is 230 g/mol. The fourth-order valence-corrected chi connectivity index (χ4v) is 2.02. The molecule has 0 aliphatic heterocycles. The summed E-state index contributed by atoms with van der Waals surface area (Å²) in [6, 6.07) is 2.02. The summed E-state index contributed by atoms with van der Waals surface area (Å²) >= 11 is 0. The zero-order valence-electron chi connectivity index (χ0n) is 11.9. The fraction of sp³-hybridized carbons (Fsp3) is 0.615. The number of methoxy groups -OCH3 is 1. The van der Waals surface area contributed by atoms with Crippen LogP contribution in [0.1, 0.15) is 27.7 Å². The van der Waals surface area contributed by atoms with Gasteiger partial charge < -0.3 is 9.16 Å². The van der Waals surface area contributed by atoms with E-state index in [4.69, 9.17) is 14.4 Å². The number of nitrogens with zero attached hydrogens (tertiary/aromatic N) is 1. The highest BCUT2D eigenvalue weighted by molar-refractivity contribution is 6.74. The summed E-state index contributed by atoms with van der Waals surface area (Å²) < 4.78 is 11.0. The predicted octanol–water partition coefficient (Wildman–Crippen LogP) is 3.97. The number of hydrogen-bond acceptors (Lipinski definition) is 3. The second kappa shape index (κ2) is 5.92. The van der Waals surface area contributed by atoms with Gasteiger partial charge in [-0.05, 0) is 25.1 Å². The van der Waals surface area contributed by atoms with Crippen LogP contribution in [0, 0.1) is 11.3 Å². The van der Waals surface area contributed by atoms with Crippen LogP contribution in [-0.2, 0) is 9.16 Å². The molecule has 0 atom stereocenters. The SMILES string of the molecule is CO/C=C(C)/C(=C/C#N)O[Si](C)(C)C(C)(C)C. The molecule has 0 heterocycles. The molecule has 96 valence electrons. The van der Waals surface area contributed by atoms with E-state index in [-0.39, 0.29) is 5.04 Å². The van der Waals surface area contributed by atoms with Crippen LogP contribution in [0.2, 0.25) is 18.1 Å². The van der Waals surface area contributed by atoms with E-state index in [0.717, 1.165) is 5.57 Å². The molecule has 0 N–H and O–H groups in total. The lowest BCUT2D eigenvalue weighted by Gasteiger charge is -2.37. The van der Waals surface area contributed by atoms with Crippen molar-refractivity contribution in [2.75, 3.05) is 7.11 Å². The molecule has 17 heavy (non-hydrogen) atoms. The van der Waals surface area contributed by atoms with Gasteiger partial charge in [-0.1, -0.05) is 20.8 Å². The summed E-state index contributed by atoms with van der Waals surface area (Å²) in [4.78, 5) is 0. The van der Waals surface area contributed by atoms with Gasteiger partial charge in [0.15, 0.2) is 0 Å². The van der Waals surface area contributed by atoms with E-state index >= 15 is 0 Å². The lowest BCUT2D eigenvalue weighted by Crippen LogP contribution is -2.40. The van der Waals surface area contributed by atoms with Crippen molar-refractivity contribution in [3.63, 3.8) is 0 Å². The lowest BCUT2D eigenvalue weighted by atomic mass is 10.2. The first kappa shape index (κ1) is 15.8. The van der Waals surface area contributed by atoms with Crippen molar-refractivity contribution in [3.8, 4) is 6.07 Å². The third-order valence-corrected chi connectivity index (χ3v) is 7.39. The first-order valence-corrected chi connectivity index (χ1v) is 8.55. The van der Waals surface area contributed by atoms with E-state index in [1.165, 1.54) is 6.08 Å². The Morgan fingerprint density at radius 3 is 2.18 bits per heavy atom. The second-order valence-corrected chi connectivity index (χ2v) is 10.3. The van der Waals surface area contributed by atoms with E-state index in [2.05, 4.69) is 33.9 Å². The molecule has 0 bridgehead atoms. The molecule has 0 saturated heterocycles. The van der Waals surface area contributed by atoms with Crippen molar-refractivity contribution >= 4 is 8.32 Å². The largest absolute Gasteiger partial charge is 0.543 e. The molecule has 0 aromatic heterocycles. The van der Waals surface area contributed by atoms with Gasteiger partial charge in [-0.25, -0.2) is 0 Å². The van der Waals surface area contributed by atoms with Gasteiger partial charge in [0.05, 0.1) is 25.5 Å². The van der Waals surface area contributed by atoms with E-state index in [9.17, 15) is 0 Å². The van der Waals surface area contributed by atoms with Gasteiger partial charge in [-0.15, -0.1) is 0 Å². The maximum Gasteiger partial charge on any atom is 0.250 e. The molecule has 0 amide bonds. The zero-order valence-corrected chi connectivity index (χ0v) is 12.9. The number of rotatable bonds is 4. The summed E-state index contributed by atoms with van der Waals surface area (Å²) in [6.45, 7) is 12.7. The monoisotopic (exact) mass is 253 g/mol. The minimum atomic E-state index is -1.91. The first-order chi connectivity index (χ1) is 7.65. The van der Waals surface area contributed by atoms with Crippen molar-refractivity contribution < 1.29 is 9.16 Å². The Morgan fingerprint density at radius 2 is 1.82 bits per heavy atom. The first-order valence-electron chi connectivity index (χ1n) is 5.64. The van der Waals surface area contributed by atoms with Crippen LogP contribution in [0.15, 0.2) is 23.7 Å². The Bertz CT molecular complexity index is 357. The minimum Gasteiger partial charge on any atom is -0.543 e. The number of hydrogen-bond donors (Lipinski definition) is 0. The molecule has 0 aromatic rings. The highest BCUT2D eigenvalue weighted by Crippen LogP contribution is 2.38. The molecule has 0 aliphatic rings. The quantitative estimate of drug-likeness (QED) is 0.329. The molecule has 0 rings (SSSR count). The molecule has 0 saturated carbocycles. The zero-order chi connectivity index (χ0) is 13.7. The van der Waals surface area contributed by atoms with Crippen LogP contribution in [0.3, 0.4) is 0 Å². The number of ether oxygens (including phenoxy) is 1. The van der Waals surface area contributed by atoms with Gasteiger partial charge in [-0.2, -0.15) is 5.26 Å². The summed E-state index contributed by atoms with van der Waals surface area (Å²) in [5.74, 6) is 0.612. The standard InChI is InChI=1S/C13H23NO2Si/c1-11(10-15-5)12(8-9-14)16-17(6,7)13(2,3)4/h8,10H,1-7H3/b11-10+,12-8-. The fourth-order valence-electron chi connectivity index (χ4n) is 0.945. The van der Waals surface area contributed by atoms with E-state index in [1.807, 2.05) is 13.0 Å². The smallest absolute Gasteiger partial charge is 0.250 e. The summed E-state index contributed by atoms with van der Waals surface area (Å²) in [5, 5.41) is 8.90. The molecular formula is C13H23NO2Si. The normalized spacial score (nSPS) is 14.2. The van der Waals surface area contributed by atoms with Crippen LogP contribution < -0.4 is 0 Å². The Hall–Kier alpha value is -1.21. The van der Waals surface area contributed by atoms with E-state index in [1.54, 1.807) is 13.4 Å². The minimum absolute atomic E-state index is 0.106. The van der Waals surface area contributed by atoms with Crippen molar-refractivity contribution in [3.05, 3.63) is 23.7 Å². The Labute approximate surface area is 106 Å². The molecule has 0 unspecified atom stereocenters. The Kier molecular flexibility index (Phi) is 5.50. The highest BCUT2D eigenvalue weighted by atomic mass is 28.4. The van der Waals surface area contributed by atoms with Crippen molar-refractivity contribution in [2.45, 2.75) is 45.8 Å². The third-order valence-electron chi connectivity index (χ3n) is 3.05. The maximum atomic E-state index is 8.79. The van der Waals surface area contributed by atoms with Crippen molar-refractivity contribution in [2.24, 2.45) is 0 Å². The molecule has 4 heteroatoms. The van der Waals surface area contributed by atoms with Crippen LogP contribution in [0.4, 0.5) is 0 Å². The molecule has 0 aliphatic carbocycles. The van der Waals surface area contributed by atoms with Crippen LogP contribution in [0.5, 0.6) is 0 Å². The Morgan fingerprint density at radius 1 is 1.29 bits per heavy atom. The van der Waals surface area contributed by atoms with Crippen LogP contribution in [-0.4, -0.2) is 15.4 Å². The van der Waals surface area contributed by atoms with Crippen LogP contribution in [0.25, 0.3) is 0 Å². The van der Waals surface area contributed by atoms with Gasteiger partial charge in [0.25, 0.3) is 8.32 Å². The average molecular weight is 253 g/mol. The Balaban J connectivity index is 5.13. The lowest BCUT2D eigenvalue weighted by molar-refractivity contribution is 0.327.